The van der Waals surface area contributed by atoms with Crippen LogP contribution in [-0.2, 0) is 9.53 Å². The van der Waals surface area contributed by atoms with Gasteiger partial charge in [0.2, 0.25) is 5.91 Å². The summed E-state index contributed by atoms with van der Waals surface area (Å²) in [7, 11) is 3.37. The fraction of sp³-hybridized carbons (Fsp3) is 0.467. The zero-order valence-corrected chi connectivity index (χ0v) is 11.3. The molecule has 0 aromatic heterocycles. The molecule has 1 saturated carbocycles. The topological polar surface area (TPSA) is 53.3 Å². The van der Waals surface area contributed by atoms with Crippen molar-refractivity contribution in [1.82, 2.24) is 0 Å². The minimum atomic E-state index is -0.285. The van der Waals surface area contributed by atoms with Crippen molar-refractivity contribution in [3.8, 4) is 6.07 Å². The summed E-state index contributed by atoms with van der Waals surface area (Å²) in [6.45, 7) is 0. The highest BCUT2D eigenvalue weighted by Gasteiger charge is 2.39. The first kappa shape index (κ1) is 13.6. The van der Waals surface area contributed by atoms with Crippen LogP contribution in [0.4, 0.5) is 5.69 Å². The Morgan fingerprint density at radius 1 is 1.47 bits per heavy atom. The number of para-hydroxylation sites is 1. The van der Waals surface area contributed by atoms with Gasteiger partial charge in [0.05, 0.1) is 23.3 Å². The molecule has 0 aliphatic heterocycles. The number of benzene rings is 1. The fourth-order valence-electron chi connectivity index (χ4n) is 2.41. The summed E-state index contributed by atoms with van der Waals surface area (Å²) < 4.78 is 5.47. The van der Waals surface area contributed by atoms with Crippen LogP contribution in [-0.4, -0.2) is 25.7 Å². The second-order valence-electron chi connectivity index (χ2n) is 5.00. The monoisotopic (exact) mass is 258 g/mol. The highest BCUT2D eigenvalue weighted by Crippen LogP contribution is 2.38. The summed E-state index contributed by atoms with van der Waals surface area (Å²) in [6.07, 6.45) is 3.35. The predicted molar refractivity (Wildman–Crippen MR) is 72.8 cm³/mol. The Labute approximate surface area is 113 Å². The first-order valence-electron chi connectivity index (χ1n) is 6.43. The largest absolute Gasteiger partial charge is 0.378 e. The molecule has 100 valence electrons. The van der Waals surface area contributed by atoms with Gasteiger partial charge in [0.1, 0.15) is 6.07 Å². The van der Waals surface area contributed by atoms with Gasteiger partial charge >= 0.3 is 0 Å². The van der Waals surface area contributed by atoms with Crippen LogP contribution in [0.1, 0.15) is 31.2 Å². The maximum absolute atomic E-state index is 12.3. The number of methoxy groups -OCH3 is 1. The van der Waals surface area contributed by atoms with Gasteiger partial charge in [-0.05, 0) is 31.4 Å². The summed E-state index contributed by atoms with van der Waals surface area (Å²) in [6, 6.07) is 9.24. The lowest BCUT2D eigenvalue weighted by molar-refractivity contribution is -0.131. The Bertz CT molecular complexity index is 510. The number of nitrogens with zero attached hydrogens (tertiary/aromatic N) is 2. The molecule has 4 nitrogen and oxygen atoms in total. The van der Waals surface area contributed by atoms with Crippen LogP contribution in [0.2, 0.25) is 0 Å². The quantitative estimate of drug-likeness (QED) is 0.833. The van der Waals surface area contributed by atoms with Gasteiger partial charge in [-0.3, -0.25) is 4.79 Å². The van der Waals surface area contributed by atoms with Gasteiger partial charge in [0.25, 0.3) is 0 Å². The lowest BCUT2D eigenvalue weighted by Crippen LogP contribution is -2.44. The third-order valence-electron chi connectivity index (χ3n) is 3.93. The molecule has 0 spiro atoms. The molecule has 0 saturated heterocycles. The van der Waals surface area contributed by atoms with Crippen LogP contribution >= 0.6 is 0 Å². The third-order valence-corrected chi connectivity index (χ3v) is 3.93. The molecule has 1 fully saturated rings. The van der Waals surface area contributed by atoms with Gasteiger partial charge < -0.3 is 9.64 Å². The van der Waals surface area contributed by atoms with E-state index in [1.807, 2.05) is 6.07 Å². The lowest BCUT2D eigenvalue weighted by Gasteiger charge is -2.40. The van der Waals surface area contributed by atoms with E-state index in [9.17, 15) is 4.79 Å². The van der Waals surface area contributed by atoms with Crippen molar-refractivity contribution in [3.05, 3.63) is 29.8 Å². The molecule has 0 heterocycles. The SMILES string of the molecule is COC1(CC(=O)N(C)c2ccccc2C#N)CCC1. The normalized spacial score (nSPS) is 16.3. The molecule has 1 aromatic carbocycles. The molecule has 0 unspecified atom stereocenters. The number of anilines is 1. The molecule has 0 radical (unpaired) electrons. The summed E-state index contributed by atoms with van der Waals surface area (Å²) in [4.78, 5) is 13.9. The number of rotatable bonds is 4. The number of amides is 1. The van der Waals surface area contributed by atoms with Crippen molar-refractivity contribution in [2.24, 2.45) is 0 Å². The van der Waals surface area contributed by atoms with Crippen LogP contribution in [0, 0.1) is 11.3 Å². The number of ether oxygens (including phenoxy) is 1. The van der Waals surface area contributed by atoms with Crippen molar-refractivity contribution >= 4 is 11.6 Å². The molecular weight excluding hydrogens is 240 g/mol. The number of hydrogen-bond acceptors (Lipinski definition) is 3. The maximum Gasteiger partial charge on any atom is 0.229 e. The molecule has 19 heavy (non-hydrogen) atoms. The second-order valence-corrected chi connectivity index (χ2v) is 5.00. The van der Waals surface area contributed by atoms with Gasteiger partial charge in [0, 0.05) is 14.2 Å². The van der Waals surface area contributed by atoms with Crippen LogP contribution in [0.5, 0.6) is 0 Å². The molecular formula is C15H18N2O2. The molecule has 2 rings (SSSR count). The Morgan fingerprint density at radius 2 is 2.16 bits per heavy atom. The Kier molecular flexibility index (Phi) is 3.87. The zero-order valence-electron chi connectivity index (χ0n) is 11.3. The van der Waals surface area contributed by atoms with Crippen LogP contribution in [0.15, 0.2) is 24.3 Å². The van der Waals surface area contributed by atoms with E-state index < -0.39 is 0 Å². The molecule has 1 amide bonds. The van der Waals surface area contributed by atoms with E-state index >= 15 is 0 Å². The Hall–Kier alpha value is -1.86. The minimum absolute atomic E-state index is 0.00995. The van der Waals surface area contributed by atoms with Gasteiger partial charge in [0.15, 0.2) is 0 Å². The van der Waals surface area contributed by atoms with E-state index in [0.29, 0.717) is 17.7 Å². The van der Waals surface area contributed by atoms with Gasteiger partial charge in [-0.15, -0.1) is 0 Å². The standard InChI is InChI=1S/C15H18N2O2/c1-17(13-7-4-3-6-12(13)11-16)14(18)10-15(19-2)8-5-9-15/h3-4,6-7H,5,8-10H2,1-2H3. The highest BCUT2D eigenvalue weighted by molar-refractivity contribution is 5.94. The van der Waals surface area contributed by atoms with E-state index in [1.54, 1.807) is 37.3 Å². The molecule has 1 aromatic rings. The highest BCUT2D eigenvalue weighted by atomic mass is 16.5. The van der Waals surface area contributed by atoms with E-state index in [4.69, 9.17) is 10.00 Å². The first-order chi connectivity index (χ1) is 9.12. The number of carbonyl (C=O) groups is 1. The summed E-state index contributed by atoms with van der Waals surface area (Å²) >= 11 is 0. The number of carbonyl (C=O) groups excluding carboxylic acids is 1. The zero-order chi connectivity index (χ0) is 13.9. The van der Waals surface area contributed by atoms with E-state index in [2.05, 4.69) is 6.07 Å². The first-order valence-corrected chi connectivity index (χ1v) is 6.43. The molecule has 0 N–H and O–H groups in total. The van der Waals surface area contributed by atoms with Crippen LogP contribution in [0.25, 0.3) is 0 Å². The maximum atomic E-state index is 12.3. The summed E-state index contributed by atoms with van der Waals surface area (Å²) in [5.41, 5.74) is 0.881. The lowest BCUT2D eigenvalue weighted by atomic mass is 9.77. The average molecular weight is 258 g/mol. The molecule has 1 aliphatic carbocycles. The van der Waals surface area contributed by atoms with E-state index in [-0.39, 0.29) is 11.5 Å². The molecule has 4 heteroatoms. The van der Waals surface area contributed by atoms with Gasteiger partial charge in [-0.1, -0.05) is 12.1 Å². The van der Waals surface area contributed by atoms with E-state index in [0.717, 1.165) is 19.3 Å². The van der Waals surface area contributed by atoms with Crippen LogP contribution < -0.4 is 4.90 Å². The minimum Gasteiger partial charge on any atom is -0.378 e. The molecule has 1 aliphatic rings. The van der Waals surface area contributed by atoms with Crippen molar-refractivity contribution < 1.29 is 9.53 Å². The van der Waals surface area contributed by atoms with Gasteiger partial charge in [-0.2, -0.15) is 5.26 Å². The summed E-state index contributed by atoms with van der Waals surface area (Å²) in [5, 5.41) is 9.07. The van der Waals surface area contributed by atoms with Crippen molar-refractivity contribution in [2.45, 2.75) is 31.3 Å². The van der Waals surface area contributed by atoms with Crippen molar-refractivity contribution in [1.29, 1.82) is 5.26 Å². The number of hydrogen-bond donors (Lipinski definition) is 0. The Balaban J connectivity index is 2.13. The van der Waals surface area contributed by atoms with E-state index in [1.165, 1.54) is 0 Å². The van der Waals surface area contributed by atoms with Crippen molar-refractivity contribution in [2.75, 3.05) is 19.1 Å². The smallest absolute Gasteiger partial charge is 0.229 e. The summed E-state index contributed by atoms with van der Waals surface area (Å²) in [5.74, 6) is -0.00995. The third kappa shape index (κ3) is 2.61. The van der Waals surface area contributed by atoms with Gasteiger partial charge in [-0.25, -0.2) is 0 Å². The Morgan fingerprint density at radius 3 is 2.68 bits per heavy atom. The second kappa shape index (κ2) is 5.41. The number of nitriles is 1. The molecule has 0 bridgehead atoms. The predicted octanol–water partition coefficient (Wildman–Crippen LogP) is 2.48. The fourth-order valence-corrected chi connectivity index (χ4v) is 2.41. The van der Waals surface area contributed by atoms with Crippen molar-refractivity contribution in [3.63, 3.8) is 0 Å². The molecule has 0 atom stereocenters. The average Bonchev–Trinajstić information content (AvgIpc) is 2.41. The van der Waals surface area contributed by atoms with Crippen LogP contribution in [0.3, 0.4) is 0 Å².